The van der Waals surface area contributed by atoms with Crippen molar-refractivity contribution >= 4 is 32.6 Å². The number of hydrogen-bond donors (Lipinski definition) is 1. The molecule has 0 saturated carbocycles. The van der Waals surface area contributed by atoms with Gasteiger partial charge in [0.05, 0.1) is 10.4 Å². The third-order valence-electron chi connectivity index (χ3n) is 5.06. The molecule has 8 heteroatoms. The topological polar surface area (TPSA) is 80.1 Å². The Balaban J connectivity index is 1.58. The van der Waals surface area contributed by atoms with Crippen LogP contribution in [0.5, 0.6) is 0 Å². The van der Waals surface area contributed by atoms with Crippen molar-refractivity contribution in [3.05, 3.63) is 51.9 Å². The smallest absolute Gasteiger partial charge is 0.294 e. The Bertz CT molecular complexity index is 1060. The van der Waals surface area contributed by atoms with E-state index in [0.717, 1.165) is 40.5 Å². The van der Waals surface area contributed by atoms with Crippen LogP contribution in [-0.4, -0.2) is 33.3 Å². The van der Waals surface area contributed by atoms with Crippen molar-refractivity contribution in [1.82, 2.24) is 20.1 Å². The molecule has 0 bridgehead atoms. The lowest BCUT2D eigenvalue weighted by Gasteiger charge is -2.23. The minimum Gasteiger partial charge on any atom is -0.350 e. The molecule has 0 radical (unpaired) electrons. The Morgan fingerprint density at radius 2 is 2.11 bits per heavy atom. The van der Waals surface area contributed by atoms with Crippen LogP contribution in [0, 0.1) is 6.92 Å². The molecule has 1 aliphatic heterocycles. The van der Waals surface area contributed by atoms with Crippen molar-refractivity contribution < 1.29 is 4.79 Å². The van der Waals surface area contributed by atoms with Gasteiger partial charge >= 0.3 is 0 Å². The highest BCUT2D eigenvalue weighted by molar-refractivity contribution is 7.22. The van der Waals surface area contributed by atoms with Gasteiger partial charge in [-0.25, -0.2) is 9.67 Å². The highest BCUT2D eigenvalue weighted by Crippen LogP contribution is 2.33. The van der Waals surface area contributed by atoms with Crippen LogP contribution in [0.3, 0.4) is 0 Å². The molecule has 1 atom stereocenters. The number of fused-ring (bicyclic) bond motifs is 1. The molecule has 3 aromatic rings. The summed E-state index contributed by atoms with van der Waals surface area (Å²) in [5, 5.41) is 8.11. The predicted octanol–water partition coefficient (Wildman–Crippen LogP) is 2.47. The molecule has 1 aliphatic rings. The number of thiazole rings is 1. The first-order valence-corrected chi connectivity index (χ1v) is 10.4. The second-order valence-electron chi connectivity index (χ2n) is 6.94. The van der Waals surface area contributed by atoms with Crippen molar-refractivity contribution in [2.75, 3.05) is 11.4 Å². The number of nitrogens with zero attached hydrogens (tertiary/aromatic N) is 4. The van der Waals surface area contributed by atoms with Crippen molar-refractivity contribution in [2.24, 2.45) is 0 Å². The average molecular weight is 398 g/mol. The molecule has 146 valence electrons. The van der Waals surface area contributed by atoms with E-state index in [1.165, 1.54) is 16.0 Å². The van der Waals surface area contributed by atoms with E-state index in [-0.39, 0.29) is 17.5 Å². The summed E-state index contributed by atoms with van der Waals surface area (Å²) in [6, 6.07) is 9.61. The maximum Gasteiger partial charge on any atom is 0.294 e. The molecule has 1 N–H and O–H groups in total. The lowest BCUT2D eigenvalue weighted by Crippen LogP contribution is -2.43. The third kappa shape index (κ3) is 3.40. The second-order valence-corrected chi connectivity index (χ2v) is 7.91. The normalized spacial score (nSPS) is 16.6. The van der Waals surface area contributed by atoms with Gasteiger partial charge in [0.15, 0.2) is 10.6 Å². The lowest BCUT2D eigenvalue weighted by atomic mass is 10.2. The first-order valence-electron chi connectivity index (χ1n) is 9.55. The number of anilines is 1. The van der Waals surface area contributed by atoms with Gasteiger partial charge in [-0.3, -0.25) is 9.59 Å². The number of rotatable bonds is 5. The summed E-state index contributed by atoms with van der Waals surface area (Å²) in [4.78, 5) is 32.0. The fourth-order valence-electron chi connectivity index (χ4n) is 3.60. The van der Waals surface area contributed by atoms with E-state index in [9.17, 15) is 9.59 Å². The van der Waals surface area contributed by atoms with E-state index < -0.39 is 0 Å². The van der Waals surface area contributed by atoms with Crippen molar-refractivity contribution in [3.63, 3.8) is 0 Å². The van der Waals surface area contributed by atoms with Crippen LogP contribution >= 0.6 is 11.3 Å². The molecular formula is C20H23N5O2S. The fraction of sp³-hybridized carbons (Fsp3) is 0.400. The molecule has 1 amide bonds. The van der Waals surface area contributed by atoms with Crippen molar-refractivity contribution in [1.29, 1.82) is 0 Å². The number of carbonyl (C=O) groups excluding carboxylic acids is 1. The number of amides is 1. The average Bonchev–Trinajstić information content (AvgIpc) is 3.37. The standard InChI is InChI=1S/C20H23N5O2S/c1-3-25-19(27)16-17(13(2)23-25)28-20(22-16)24-11-7-10-15(24)18(26)21-12-14-8-5-4-6-9-14/h4-6,8-9,15H,3,7,10-12H2,1-2H3,(H,21,26)/t15-/m1/s1. The van der Waals surface area contributed by atoms with Crippen LogP contribution in [-0.2, 0) is 17.9 Å². The Hall–Kier alpha value is -2.74. The predicted molar refractivity (Wildman–Crippen MR) is 111 cm³/mol. The van der Waals surface area contributed by atoms with Gasteiger partial charge in [0.2, 0.25) is 5.91 Å². The van der Waals surface area contributed by atoms with Crippen LogP contribution in [0.2, 0.25) is 0 Å². The molecule has 28 heavy (non-hydrogen) atoms. The molecule has 0 unspecified atom stereocenters. The van der Waals surface area contributed by atoms with Crippen LogP contribution in [0.15, 0.2) is 35.1 Å². The number of hydrogen-bond acceptors (Lipinski definition) is 6. The van der Waals surface area contributed by atoms with Crippen LogP contribution in [0.25, 0.3) is 10.2 Å². The van der Waals surface area contributed by atoms with Gasteiger partial charge in [-0.2, -0.15) is 5.10 Å². The second kappa shape index (κ2) is 7.71. The van der Waals surface area contributed by atoms with Gasteiger partial charge in [0.1, 0.15) is 6.04 Å². The van der Waals surface area contributed by atoms with Crippen LogP contribution in [0.1, 0.15) is 31.0 Å². The zero-order valence-corrected chi connectivity index (χ0v) is 16.8. The van der Waals surface area contributed by atoms with E-state index in [1.807, 2.05) is 49.1 Å². The van der Waals surface area contributed by atoms with E-state index in [4.69, 9.17) is 0 Å². The van der Waals surface area contributed by atoms with Gasteiger partial charge in [-0.05, 0) is 32.3 Å². The first kappa shape index (κ1) is 18.6. The minimum absolute atomic E-state index is 0.00132. The Labute approximate surface area is 167 Å². The zero-order chi connectivity index (χ0) is 19.7. The monoisotopic (exact) mass is 397 g/mol. The number of aryl methyl sites for hydroxylation is 2. The first-order chi connectivity index (χ1) is 13.6. The van der Waals surface area contributed by atoms with Crippen molar-refractivity contribution in [3.8, 4) is 0 Å². The van der Waals surface area contributed by atoms with E-state index >= 15 is 0 Å². The Kier molecular flexibility index (Phi) is 5.13. The van der Waals surface area contributed by atoms with E-state index in [1.54, 1.807) is 0 Å². The highest BCUT2D eigenvalue weighted by atomic mass is 32.1. The summed E-state index contributed by atoms with van der Waals surface area (Å²) in [6.45, 7) is 5.56. The SMILES string of the molecule is CCn1nc(C)c2sc(N3CCC[C@@H]3C(=O)NCc3ccccc3)nc2c1=O. The maximum absolute atomic E-state index is 12.8. The maximum atomic E-state index is 12.8. The summed E-state index contributed by atoms with van der Waals surface area (Å²) < 4.78 is 2.25. The third-order valence-corrected chi connectivity index (χ3v) is 6.26. The molecule has 1 saturated heterocycles. The van der Waals surface area contributed by atoms with E-state index in [2.05, 4.69) is 15.4 Å². The largest absolute Gasteiger partial charge is 0.350 e. The van der Waals surface area contributed by atoms with Gasteiger partial charge in [0.25, 0.3) is 5.56 Å². The van der Waals surface area contributed by atoms with Gasteiger partial charge in [0, 0.05) is 19.6 Å². The number of nitrogens with one attached hydrogen (secondary N) is 1. The summed E-state index contributed by atoms with van der Waals surface area (Å²) in [5.41, 5.74) is 2.14. The van der Waals surface area contributed by atoms with Crippen LogP contribution in [0.4, 0.5) is 5.13 Å². The molecular weight excluding hydrogens is 374 g/mol. The Morgan fingerprint density at radius 3 is 2.86 bits per heavy atom. The lowest BCUT2D eigenvalue weighted by molar-refractivity contribution is -0.122. The summed E-state index contributed by atoms with van der Waals surface area (Å²) in [5.74, 6) is 0.00132. The molecule has 1 fully saturated rings. The summed E-state index contributed by atoms with van der Waals surface area (Å²) in [6.07, 6.45) is 1.71. The van der Waals surface area contributed by atoms with Crippen molar-refractivity contribution in [2.45, 2.75) is 45.8 Å². The highest BCUT2D eigenvalue weighted by Gasteiger charge is 2.33. The molecule has 0 spiro atoms. The number of benzene rings is 1. The van der Waals surface area contributed by atoms with Gasteiger partial charge < -0.3 is 10.2 Å². The minimum atomic E-state index is -0.258. The van der Waals surface area contributed by atoms with Crippen LogP contribution < -0.4 is 15.8 Å². The fourth-order valence-corrected chi connectivity index (χ4v) is 4.67. The molecule has 1 aromatic carbocycles. The summed E-state index contributed by atoms with van der Waals surface area (Å²) in [7, 11) is 0. The Morgan fingerprint density at radius 1 is 1.32 bits per heavy atom. The quantitative estimate of drug-likeness (QED) is 0.715. The number of carbonyl (C=O) groups is 1. The molecule has 7 nitrogen and oxygen atoms in total. The molecule has 3 heterocycles. The molecule has 4 rings (SSSR count). The molecule has 2 aromatic heterocycles. The number of aromatic nitrogens is 3. The van der Waals surface area contributed by atoms with Gasteiger partial charge in [-0.15, -0.1) is 0 Å². The van der Waals surface area contributed by atoms with Gasteiger partial charge in [-0.1, -0.05) is 41.7 Å². The molecule has 0 aliphatic carbocycles. The summed E-state index contributed by atoms with van der Waals surface area (Å²) >= 11 is 1.45. The van der Waals surface area contributed by atoms with E-state index in [0.29, 0.717) is 18.6 Å². The zero-order valence-electron chi connectivity index (χ0n) is 16.0.